The Morgan fingerprint density at radius 3 is 2.26 bits per heavy atom. The SMILES string of the molecule is COc1c(C(N)c2ccc(Br)cc2)ccc(C)c1C. The zero-order chi connectivity index (χ0) is 14.0. The molecule has 0 bridgehead atoms. The lowest BCUT2D eigenvalue weighted by Crippen LogP contribution is -2.13. The number of benzene rings is 2. The highest BCUT2D eigenvalue weighted by Crippen LogP contribution is 2.33. The van der Waals surface area contributed by atoms with Crippen molar-refractivity contribution in [3.05, 3.63) is 63.1 Å². The molecule has 0 aliphatic rings. The van der Waals surface area contributed by atoms with Gasteiger partial charge in [0, 0.05) is 10.0 Å². The van der Waals surface area contributed by atoms with Crippen molar-refractivity contribution < 1.29 is 4.74 Å². The van der Waals surface area contributed by atoms with Crippen molar-refractivity contribution in [2.24, 2.45) is 5.73 Å². The lowest BCUT2D eigenvalue weighted by Gasteiger charge is -2.19. The van der Waals surface area contributed by atoms with Gasteiger partial charge in [0.05, 0.1) is 13.2 Å². The van der Waals surface area contributed by atoms with Crippen LogP contribution in [0.15, 0.2) is 40.9 Å². The number of ether oxygens (including phenoxy) is 1. The highest BCUT2D eigenvalue weighted by Gasteiger charge is 2.16. The van der Waals surface area contributed by atoms with Gasteiger partial charge in [0.25, 0.3) is 0 Å². The zero-order valence-electron chi connectivity index (χ0n) is 11.4. The van der Waals surface area contributed by atoms with Crippen LogP contribution in [0.4, 0.5) is 0 Å². The summed E-state index contributed by atoms with van der Waals surface area (Å²) >= 11 is 3.43. The van der Waals surface area contributed by atoms with Gasteiger partial charge in [0.15, 0.2) is 0 Å². The fourth-order valence-electron chi connectivity index (χ4n) is 2.18. The largest absolute Gasteiger partial charge is 0.496 e. The van der Waals surface area contributed by atoms with Gasteiger partial charge in [0.2, 0.25) is 0 Å². The number of nitrogens with two attached hydrogens (primary N) is 1. The maximum Gasteiger partial charge on any atom is 0.127 e. The van der Waals surface area contributed by atoms with E-state index in [1.807, 2.05) is 30.3 Å². The third-order valence-electron chi connectivity index (χ3n) is 3.48. The first-order valence-corrected chi connectivity index (χ1v) is 6.99. The van der Waals surface area contributed by atoms with E-state index in [2.05, 4.69) is 35.8 Å². The normalized spacial score (nSPS) is 12.3. The first-order chi connectivity index (χ1) is 9.04. The van der Waals surface area contributed by atoms with Crippen LogP contribution in [0, 0.1) is 13.8 Å². The van der Waals surface area contributed by atoms with Crippen LogP contribution in [0.2, 0.25) is 0 Å². The van der Waals surface area contributed by atoms with Gasteiger partial charge in [-0.2, -0.15) is 0 Å². The van der Waals surface area contributed by atoms with Crippen LogP contribution < -0.4 is 10.5 Å². The molecule has 0 saturated carbocycles. The molecule has 100 valence electrons. The van der Waals surface area contributed by atoms with Crippen LogP contribution in [0.25, 0.3) is 0 Å². The Hall–Kier alpha value is -1.32. The highest BCUT2D eigenvalue weighted by atomic mass is 79.9. The van der Waals surface area contributed by atoms with E-state index < -0.39 is 0 Å². The summed E-state index contributed by atoms with van der Waals surface area (Å²) < 4.78 is 6.59. The second-order valence-electron chi connectivity index (χ2n) is 4.66. The van der Waals surface area contributed by atoms with E-state index in [4.69, 9.17) is 10.5 Å². The standard InChI is InChI=1S/C16H18BrNO/c1-10-4-9-14(16(19-3)11(10)2)15(18)12-5-7-13(17)8-6-12/h4-9,15H,18H2,1-3H3. The van der Waals surface area contributed by atoms with E-state index in [1.165, 1.54) is 5.56 Å². The Morgan fingerprint density at radius 1 is 1.05 bits per heavy atom. The summed E-state index contributed by atoms with van der Waals surface area (Å²) in [6.45, 7) is 4.14. The third-order valence-corrected chi connectivity index (χ3v) is 4.00. The predicted molar refractivity (Wildman–Crippen MR) is 82.6 cm³/mol. The molecule has 0 heterocycles. The lowest BCUT2D eigenvalue weighted by molar-refractivity contribution is 0.404. The Bertz CT molecular complexity index is 578. The van der Waals surface area contributed by atoms with E-state index in [1.54, 1.807) is 7.11 Å². The molecule has 3 heteroatoms. The highest BCUT2D eigenvalue weighted by molar-refractivity contribution is 9.10. The van der Waals surface area contributed by atoms with Crippen LogP contribution in [-0.4, -0.2) is 7.11 Å². The van der Waals surface area contributed by atoms with Crippen molar-refractivity contribution in [3.8, 4) is 5.75 Å². The molecule has 0 fully saturated rings. The average molecular weight is 320 g/mol. The molecule has 0 aliphatic carbocycles. The van der Waals surface area contributed by atoms with Gasteiger partial charge in [-0.3, -0.25) is 0 Å². The van der Waals surface area contributed by atoms with Crippen LogP contribution in [0.1, 0.15) is 28.3 Å². The van der Waals surface area contributed by atoms with E-state index in [0.717, 1.165) is 26.9 Å². The van der Waals surface area contributed by atoms with Crippen molar-refractivity contribution >= 4 is 15.9 Å². The topological polar surface area (TPSA) is 35.2 Å². The molecule has 1 atom stereocenters. The van der Waals surface area contributed by atoms with Gasteiger partial charge in [-0.1, -0.05) is 40.2 Å². The van der Waals surface area contributed by atoms with E-state index >= 15 is 0 Å². The fraction of sp³-hybridized carbons (Fsp3) is 0.250. The summed E-state index contributed by atoms with van der Waals surface area (Å²) in [6, 6.07) is 12.0. The molecule has 0 amide bonds. The number of halogens is 1. The molecular formula is C16H18BrNO. The average Bonchev–Trinajstić information content (AvgIpc) is 2.41. The van der Waals surface area contributed by atoms with Crippen LogP contribution >= 0.6 is 15.9 Å². The van der Waals surface area contributed by atoms with Crippen molar-refractivity contribution in [3.63, 3.8) is 0 Å². The molecule has 0 spiro atoms. The number of hydrogen-bond donors (Lipinski definition) is 1. The number of methoxy groups -OCH3 is 1. The van der Waals surface area contributed by atoms with Gasteiger partial charge >= 0.3 is 0 Å². The van der Waals surface area contributed by atoms with Gasteiger partial charge in [-0.25, -0.2) is 0 Å². The second-order valence-corrected chi connectivity index (χ2v) is 5.57. The lowest BCUT2D eigenvalue weighted by atomic mass is 9.95. The van der Waals surface area contributed by atoms with E-state index in [-0.39, 0.29) is 6.04 Å². The maximum absolute atomic E-state index is 6.37. The number of hydrogen-bond acceptors (Lipinski definition) is 2. The Kier molecular flexibility index (Phi) is 4.27. The third kappa shape index (κ3) is 2.82. The van der Waals surface area contributed by atoms with Gasteiger partial charge in [-0.05, 0) is 42.7 Å². The Labute approximate surface area is 122 Å². The molecule has 0 saturated heterocycles. The minimum atomic E-state index is -0.178. The summed E-state index contributed by atoms with van der Waals surface area (Å²) in [5.74, 6) is 0.885. The first kappa shape index (κ1) is 14.1. The van der Waals surface area contributed by atoms with Crippen molar-refractivity contribution in [1.29, 1.82) is 0 Å². The fourth-order valence-corrected chi connectivity index (χ4v) is 2.44. The van der Waals surface area contributed by atoms with Crippen molar-refractivity contribution in [1.82, 2.24) is 0 Å². The van der Waals surface area contributed by atoms with E-state index in [9.17, 15) is 0 Å². The number of aryl methyl sites for hydroxylation is 1. The summed E-state index contributed by atoms with van der Waals surface area (Å²) in [5, 5.41) is 0. The van der Waals surface area contributed by atoms with Gasteiger partial charge in [-0.15, -0.1) is 0 Å². The molecular weight excluding hydrogens is 302 g/mol. The molecule has 2 rings (SSSR count). The molecule has 0 aromatic heterocycles. The molecule has 0 radical (unpaired) electrons. The van der Waals surface area contributed by atoms with Crippen LogP contribution in [0.5, 0.6) is 5.75 Å². The summed E-state index contributed by atoms with van der Waals surface area (Å²) in [7, 11) is 1.69. The maximum atomic E-state index is 6.37. The Balaban J connectivity index is 2.46. The monoisotopic (exact) mass is 319 g/mol. The molecule has 2 N–H and O–H groups in total. The van der Waals surface area contributed by atoms with Crippen molar-refractivity contribution in [2.45, 2.75) is 19.9 Å². The Morgan fingerprint density at radius 2 is 1.68 bits per heavy atom. The molecule has 2 aromatic rings. The van der Waals surface area contributed by atoms with Crippen LogP contribution in [0.3, 0.4) is 0 Å². The smallest absolute Gasteiger partial charge is 0.127 e. The van der Waals surface area contributed by atoms with Gasteiger partial charge < -0.3 is 10.5 Å². The summed E-state index contributed by atoms with van der Waals surface area (Å²) in [4.78, 5) is 0. The zero-order valence-corrected chi connectivity index (χ0v) is 13.0. The second kappa shape index (κ2) is 5.76. The minimum Gasteiger partial charge on any atom is -0.496 e. The molecule has 19 heavy (non-hydrogen) atoms. The number of rotatable bonds is 3. The van der Waals surface area contributed by atoms with E-state index in [0.29, 0.717) is 0 Å². The quantitative estimate of drug-likeness (QED) is 0.923. The first-order valence-electron chi connectivity index (χ1n) is 6.19. The molecule has 1 unspecified atom stereocenters. The summed E-state index contributed by atoms with van der Waals surface area (Å²) in [5.41, 5.74) is 10.8. The summed E-state index contributed by atoms with van der Waals surface area (Å²) in [6.07, 6.45) is 0. The predicted octanol–water partition coefficient (Wildman–Crippen LogP) is 4.12. The molecule has 0 aliphatic heterocycles. The van der Waals surface area contributed by atoms with Gasteiger partial charge in [0.1, 0.15) is 5.75 Å². The van der Waals surface area contributed by atoms with Crippen LogP contribution in [-0.2, 0) is 0 Å². The molecule has 2 aromatic carbocycles. The minimum absolute atomic E-state index is 0.178. The molecule has 2 nitrogen and oxygen atoms in total. The van der Waals surface area contributed by atoms with Crippen molar-refractivity contribution in [2.75, 3.05) is 7.11 Å².